The number of nitrogens with one attached hydrogen (secondary N) is 1. The molecule has 0 atom stereocenters. The first-order valence-electron chi connectivity index (χ1n) is 7.68. The van der Waals surface area contributed by atoms with Crippen molar-refractivity contribution in [3.8, 4) is 16.9 Å². The number of alkyl halides is 3. The van der Waals surface area contributed by atoms with E-state index in [-0.39, 0.29) is 0 Å². The molecule has 140 valence electrons. The molecule has 0 radical (unpaired) electrons. The first-order valence-corrected chi connectivity index (χ1v) is 8.06. The van der Waals surface area contributed by atoms with E-state index >= 15 is 0 Å². The average Bonchev–Trinajstić information content (AvgIpc) is 2.96. The molecule has 0 saturated carbocycles. The summed E-state index contributed by atoms with van der Waals surface area (Å²) in [4.78, 5) is 12.2. The van der Waals surface area contributed by atoms with Crippen LogP contribution in [-0.4, -0.2) is 15.9 Å². The molecule has 1 heterocycles. The summed E-state index contributed by atoms with van der Waals surface area (Å²) in [7, 11) is 1.30. The van der Waals surface area contributed by atoms with Crippen LogP contribution in [0.4, 0.5) is 23.7 Å². The SMILES string of the molecule is Cn1cc(OC(=O)Nc2ccccc2-c2cccc(Cl)c2)c(C(F)(F)F)n1. The van der Waals surface area contributed by atoms with Gasteiger partial charge in [-0.05, 0) is 23.8 Å². The maximum Gasteiger partial charge on any atom is 0.438 e. The van der Waals surface area contributed by atoms with Crippen LogP contribution in [0.25, 0.3) is 11.1 Å². The molecule has 5 nitrogen and oxygen atoms in total. The van der Waals surface area contributed by atoms with Gasteiger partial charge in [0.25, 0.3) is 0 Å². The number of aryl methyl sites for hydroxylation is 1. The Morgan fingerprint density at radius 2 is 1.93 bits per heavy atom. The van der Waals surface area contributed by atoms with Gasteiger partial charge in [0.15, 0.2) is 5.75 Å². The van der Waals surface area contributed by atoms with Gasteiger partial charge in [0.1, 0.15) is 0 Å². The summed E-state index contributed by atoms with van der Waals surface area (Å²) in [5.41, 5.74) is 0.459. The van der Waals surface area contributed by atoms with Gasteiger partial charge in [-0.3, -0.25) is 10.00 Å². The molecule has 0 spiro atoms. The van der Waals surface area contributed by atoms with Gasteiger partial charge in [-0.1, -0.05) is 41.9 Å². The third-order valence-corrected chi connectivity index (χ3v) is 3.80. The van der Waals surface area contributed by atoms with Crippen molar-refractivity contribution >= 4 is 23.4 Å². The molecular weight excluding hydrogens is 383 g/mol. The number of benzene rings is 2. The maximum absolute atomic E-state index is 13.0. The Kier molecular flexibility index (Phi) is 5.09. The van der Waals surface area contributed by atoms with E-state index in [2.05, 4.69) is 10.4 Å². The number of carbonyl (C=O) groups is 1. The van der Waals surface area contributed by atoms with Gasteiger partial charge in [-0.25, -0.2) is 4.79 Å². The van der Waals surface area contributed by atoms with Crippen LogP contribution in [0.1, 0.15) is 5.69 Å². The summed E-state index contributed by atoms with van der Waals surface area (Å²) in [5, 5.41) is 6.25. The molecular formula is C18H13ClF3N3O2. The van der Waals surface area contributed by atoms with Crippen LogP contribution in [0.3, 0.4) is 0 Å². The fraction of sp³-hybridized carbons (Fsp3) is 0.111. The quantitative estimate of drug-likeness (QED) is 0.648. The second-order valence-electron chi connectivity index (χ2n) is 5.58. The Morgan fingerprint density at radius 3 is 2.63 bits per heavy atom. The van der Waals surface area contributed by atoms with Crippen LogP contribution in [0.15, 0.2) is 54.7 Å². The van der Waals surface area contributed by atoms with Gasteiger partial charge in [0.2, 0.25) is 5.69 Å². The number of hydrogen-bond acceptors (Lipinski definition) is 3. The number of nitrogens with zero attached hydrogens (tertiary/aromatic N) is 2. The predicted molar refractivity (Wildman–Crippen MR) is 94.7 cm³/mol. The van der Waals surface area contributed by atoms with Crippen molar-refractivity contribution in [2.75, 3.05) is 5.32 Å². The van der Waals surface area contributed by atoms with Crippen LogP contribution in [0.5, 0.6) is 5.75 Å². The van der Waals surface area contributed by atoms with Crippen molar-refractivity contribution in [3.63, 3.8) is 0 Å². The standard InChI is InChI=1S/C18H13ClF3N3O2/c1-25-10-15(16(24-25)18(20,21)22)27-17(26)23-14-8-3-2-7-13(14)11-5-4-6-12(19)9-11/h2-10H,1H3,(H,23,26). The number of amides is 1. The lowest BCUT2D eigenvalue weighted by molar-refractivity contribution is -0.142. The molecule has 1 N–H and O–H groups in total. The van der Waals surface area contributed by atoms with Crippen LogP contribution in [-0.2, 0) is 13.2 Å². The first kappa shape index (κ1) is 18.8. The third kappa shape index (κ3) is 4.40. The van der Waals surface area contributed by atoms with Crippen LogP contribution >= 0.6 is 11.6 Å². The fourth-order valence-corrected chi connectivity index (χ4v) is 2.66. The molecule has 3 rings (SSSR count). The van der Waals surface area contributed by atoms with Crippen LogP contribution in [0.2, 0.25) is 5.02 Å². The van der Waals surface area contributed by atoms with Crippen molar-refractivity contribution in [1.29, 1.82) is 0 Å². The molecule has 0 fully saturated rings. The number of aromatic nitrogens is 2. The predicted octanol–water partition coefficient (Wildman–Crippen LogP) is 5.37. The molecule has 0 aliphatic rings. The van der Waals surface area contributed by atoms with Gasteiger partial charge in [-0.15, -0.1) is 0 Å². The minimum atomic E-state index is -4.74. The molecule has 1 aromatic heterocycles. The third-order valence-electron chi connectivity index (χ3n) is 3.57. The second kappa shape index (κ2) is 7.32. The minimum Gasteiger partial charge on any atom is -0.406 e. The van der Waals surface area contributed by atoms with Gasteiger partial charge in [0, 0.05) is 17.6 Å². The molecule has 9 heteroatoms. The molecule has 27 heavy (non-hydrogen) atoms. The van der Waals surface area contributed by atoms with E-state index in [1.165, 1.54) is 7.05 Å². The summed E-state index contributed by atoms with van der Waals surface area (Å²) in [5.74, 6) is -0.678. The number of rotatable bonds is 3. The van der Waals surface area contributed by atoms with Crippen molar-refractivity contribution in [1.82, 2.24) is 9.78 Å². The van der Waals surface area contributed by atoms with E-state index in [1.807, 2.05) is 0 Å². The molecule has 3 aromatic rings. The van der Waals surface area contributed by atoms with Crippen molar-refractivity contribution in [2.45, 2.75) is 6.18 Å². The highest BCUT2D eigenvalue weighted by molar-refractivity contribution is 6.30. The van der Waals surface area contributed by atoms with E-state index in [1.54, 1.807) is 48.5 Å². The number of hydrogen-bond donors (Lipinski definition) is 1. The lowest BCUT2D eigenvalue weighted by atomic mass is 10.0. The van der Waals surface area contributed by atoms with Crippen molar-refractivity contribution < 1.29 is 22.7 Å². The van der Waals surface area contributed by atoms with E-state index in [0.717, 1.165) is 16.4 Å². The highest BCUT2D eigenvalue weighted by atomic mass is 35.5. The molecule has 0 bridgehead atoms. The minimum absolute atomic E-state index is 0.363. The van der Waals surface area contributed by atoms with Gasteiger partial charge in [0.05, 0.1) is 11.9 Å². The number of para-hydroxylation sites is 1. The summed E-state index contributed by atoms with van der Waals surface area (Å²) < 4.78 is 44.6. The topological polar surface area (TPSA) is 56.1 Å². The van der Waals surface area contributed by atoms with Gasteiger partial charge >= 0.3 is 12.3 Å². The van der Waals surface area contributed by atoms with Crippen molar-refractivity contribution in [3.05, 3.63) is 65.4 Å². The number of carbonyl (C=O) groups excluding carboxylic acids is 1. The van der Waals surface area contributed by atoms with Crippen LogP contribution < -0.4 is 10.1 Å². The first-order chi connectivity index (χ1) is 12.7. The number of halogens is 4. The average molecular weight is 396 g/mol. The number of ether oxygens (including phenoxy) is 1. The summed E-state index contributed by atoms with van der Waals surface area (Å²) >= 11 is 5.99. The van der Waals surface area contributed by atoms with Gasteiger partial charge in [-0.2, -0.15) is 18.3 Å². The zero-order valence-corrected chi connectivity index (χ0v) is 14.7. The lowest BCUT2D eigenvalue weighted by Crippen LogP contribution is -2.19. The number of anilines is 1. The molecule has 2 aromatic carbocycles. The highest BCUT2D eigenvalue weighted by Crippen LogP contribution is 2.35. The van der Waals surface area contributed by atoms with E-state index in [9.17, 15) is 18.0 Å². The zero-order valence-electron chi connectivity index (χ0n) is 13.9. The summed E-state index contributed by atoms with van der Waals surface area (Å²) in [6.45, 7) is 0. The van der Waals surface area contributed by atoms with Gasteiger partial charge < -0.3 is 4.74 Å². The zero-order chi connectivity index (χ0) is 19.6. The summed E-state index contributed by atoms with van der Waals surface area (Å²) in [6.07, 6.45) is -4.83. The Morgan fingerprint density at radius 1 is 1.19 bits per heavy atom. The van der Waals surface area contributed by atoms with E-state index < -0.39 is 23.7 Å². The summed E-state index contributed by atoms with van der Waals surface area (Å²) in [6, 6.07) is 13.7. The Balaban J connectivity index is 1.84. The monoisotopic (exact) mass is 395 g/mol. The molecule has 1 amide bonds. The second-order valence-corrected chi connectivity index (χ2v) is 6.02. The maximum atomic E-state index is 13.0. The molecule has 0 aliphatic heterocycles. The lowest BCUT2D eigenvalue weighted by Gasteiger charge is -2.12. The molecule has 0 saturated heterocycles. The van der Waals surface area contributed by atoms with Crippen LogP contribution in [0, 0.1) is 0 Å². The molecule has 0 unspecified atom stereocenters. The molecule has 0 aliphatic carbocycles. The Labute approximate surface area is 157 Å². The smallest absolute Gasteiger partial charge is 0.406 e. The van der Waals surface area contributed by atoms with E-state index in [0.29, 0.717) is 16.3 Å². The van der Waals surface area contributed by atoms with E-state index in [4.69, 9.17) is 16.3 Å². The van der Waals surface area contributed by atoms with Crippen molar-refractivity contribution in [2.24, 2.45) is 7.05 Å². The Hall–Kier alpha value is -3.00. The largest absolute Gasteiger partial charge is 0.438 e. The normalized spacial score (nSPS) is 11.3. The highest BCUT2D eigenvalue weighted by Gasteiger charge is 2.38. The fourth-order valence-electron chi connectivity index (χ4n) is 2.47. The Bertz CT molecular complexity index is 986.